The van der Waals surface area contributed by atoms with Crippen LogP contribution in [0.3, 0.4) is 0 Å². The first-order valence-electron chi connectivity index (χ1n) is 7.40. The third-order valence-electron chi connectivity index (χ3n) is 5.27. The molecule has 1 saturated heterocycles. The van der Waals surface area contributed by atoms with Crippen LogP contribution in [0.5, 0.6) is 0 Å². The summed E-state index contributed by atoms with van der Waals surface area (Å²) in [7, 11) is 0. The fourth-order valence-electron chi connectivity index (χ4n) is 3.75. The number of nitrogens with zero attached hydrogens (tertiary/aromatic N) is 1. The lowest BCUT2D eigenvalue weighted by atomic mass is 9.83. The Morgan fingerprint density at radius 2 is 2.21 bits per heavy atom. The zero-order valence-electron chi connectivity index (χ0n) is 11.3. The van der Waals surface area contributed by atoms with Gasteiger partial charge in [0.1, 0.15) is 0 Å². The number of carboxylic acid groups (broad SMARTS) is 1. The first-order valence-corrected chi connectivity index (χ1v) is 7.40. The predicted octanol–water partition coefficient (Wildman–Crippen LogP) is 2.63. The van der Waals surface area contributed by atoms with E-state index in [-0.39, 0.29) is 12.6 Å². The number of hydrogen-bond donors (Lipinski definition) is 2. The monoisotopic (exact) mass is 265 g/mol. The number of aliphatic hydroxyl groups excluding tert-OH is 1. The molecule has 3 aliphatic rings. The summed E-state index contributed by atoms with van der Waals surface area (Å²) in [4.78, 5) is 12.5. The van der Waals surface area contributed by atoms with E-state index in [1.165, 1.54) is 42.6 Å². The molecule has 1 amide bonds. The lowest BCUT2D eigenvalue weighted by Gasteiger charge is -2.22. The maximum Gasteiger partial charge on any atom is 0.407 e. The summed E-state index contributed by atoms with van der Waals surface area (Å²) in [6, 6.07) is -0.193. The van der Waals surface area contributed by atoms with Gasteiger partial charge in [-0.25, -0.2) is 4.79 Å². The van der Waals surface area contributed by atoms with Gasteiger partial charge in [-0.05, 0) is 56.3 Å². The number of amides is 1. The smallest absolute Gasteiger partial charge is 0.407 e. The summed E-state index contributed by atoms with van der Waals surface area (Å²) in [5.41, 5.74) is 2.19. The Bertz CT molecular complexity index is 400. The van der Waals surface area contributed by atoms with Gasteiger partial charge >= 0.3 is 6.09 Å². The molecular formula is C15H23NO3. The van der Waals surface area contributed by atoms with Crippen molar-refractivity contribution < 1.29 is 15.0 Å². The second-order valence-corrected chi connectivity index (χ2v) is 6.64. The number of hydrogen-bond acceptors (Lipinski definition) is 2. The third-order valence-corrected chi connectivity index (χ3v) is 5.27. The highest BCUT2D eigenvalue weighted by Gasteiger charge is 2.43. The van der Waals surface area contributed by atoms with Crippen LogP contribution in [-0.4, -0.2) is 40.4 Å². The Hall–Kier alpha value is -1.03. The summed E-state index contributed by atoms with van der Waals surface area (Å²) in [5, 5.41) is 18.4. The van der Waals surface area contributed by atoms with Crippen LogP contribution in [0, 0.1) is 11.3 Å². The second-order valence-electron chi connectivity index (χ2n) is 6.64. The van der Waals surface area contributed by atoms with E-state index in [1.54, 1.807) is 0 Å². The zero-order valence-corrected chi connectivity index (χ0v) is 11.3. The Kier molecular flexibility index (Phi) is 3.29. The van der Waals surface area contributed by atoms with E-state index in [2.05, 4.69) is 6.08 Å². The highest BCUT2D eigenvalue weighted by atomic mass is 16.4. The number of rotatable bonds is 3. The van der Waals surface area contributed by atoms with E-state index in [0.717, 1.165) is 12.8 Å². The molecule has 0 aromatic carbocycles. The van der Waals surface area contributed by atoms with Crippen molar-refractivity contribution in [2.24, 2.45) is 11.3 Å². The van der Waals surface area contributed by atoms with Gasteiger partial charge in [0.15, 0.2) is 0 Å². The maximum atomic E-state index is 11.1. The molecule has 0 aromatic rings. The minimum absolute atomic E-state index is 0.0506. The Balaban J connectivity index is 1.56. The van der Waals surface area contributed by atoms with E-state index in [0.29, 0.717) is 17.9 Å². The molecule has 0 aromatic heterocycles. The number of aliphatic hydroxyl groups is 1. The zero-order chi connectivity index (χ0) is 13.5. The molecule has 1 aliphatic heterocycles. The Labute approximate surface area is 114 Å². The van der Waals surface area contributed by atoms with Crippen molar-refractivity contribution in [1.29, 1.82) is 0 Å². The lowest BCUT2D eigenvalue weighted by molar-refractivity contribution is 0.118. The minimum atomic E-state index is -0.892. The van der Waals surface area contributed by atoms with E-state index in [1.807, 2.05) is 0 Å². The lowest BCUT2D eigenvalue weighted by Crippen LogP contribution is -2.36. The van der Waals surface area contributed by atoms with Crippen molar-refractivity contribution in [3.8, 4) is 0 Å². The quantitative estimate of drug-likeness (QED) is 0.771. The SMILES string of the molecule is O=C(O)N1C[C@H](CC2=CCC3(CC2)CC3)C[C@H]1CO. The van der Waals surface area contributed by atoms with E-state index in [4.69, 9.17) is 5.11 Å². The first-order chi connectivity index (χ1) is 9.12. The molecule has 2 N–H and O–H groups in total. The summed E-state index contributed by atoms with van der Waals surface area (Å²) in [6.45, 7) is 0.536. The van der Waals surface area contributed by atoms with Crippen LogP contribution in [0.4, 0.5) is 4.79 Å². The summed E-state index contributed by atoms with van der Waals surface area (Å²) >= 11 is 0. The first kappa shape index (κ1) is 13.0. The molecule has 3 rings (SSSR count). The highest BCUT2D eigenvalue weighted by molar-refractivity contribution is 5.65. The second kappa shape index (κ2) is 4.82. The molecule has 4 heteroatoms. The van der Waals surface area contributed by atoms with Crippen molar-refractivity contribution >= 4 is 6.09 Å². The molecule has 2 fully saturated rings. The standard InChI is InChI=1S/C15H23NO3/c17-10-13-8-12(9-16(13)14(18)19)7-11-1-3-15(4-2-11)5-6-15/h1,12-13,17H,2-10H2,(H,18,19)/t12-,13+/m1/s1. The van der Waals surface area contributed by atoms with Crippen LogP contribution in [0.25, 0.3) is 0 Å². The van der Waals surface area contributed by atoms with Gasteiger partial charge in [0.25, 0.3) is 0 Å². The van der Waals surface area contributed by atoms with Gasteiger partial charge in [0.2, 0.25) is 0 Å². The van der Waals surface area contributed by atoms with Gasteiger partial charge < -0.3 is 15.1 Å². The van der Waals surface area contributed by atoms with E-state index < -0.39 is 6.09 Å². The van der Waals surface area contributed by atoms with Gasteiger partial charge in [-0.2, -0.15) is 0 Å². The molecule has 1 heterocycles. The molecule has 0 radical (unpaired) electrons. The number of allylic oxidation sites excluding steroid dienone is 2. The van der Waals surface area contributed by atoms with Crippen LogP contribution in [0.2, 0.25) is 0 Å². The van der Waals surface area contributed by atoms with Crippen LogP contribution in [-0.2, 0) is 0 Å². The average molecular weight is 265 g/mol. The van der Waals surface area contributed by atoms with E-state index >= 15 is 0 Å². The topological polar surface area (TPSA) is 60.8 Å². The van der Waals surface area contributed by atoms with Gasteiger partial charge in [0.05, 0.1) is 12.6 Å². The third kappa shape index (κ3) is 2.64. The molecule has 0 bridgehead atoms. The Morgan fingerprint density at radius 3 is 2.68 bits per heavy atom. The van der Waals surface area contributed by atoms with Crippen molar-refractivity contribution in [3.63, 3.8) is 0 Å². The molecule has 106 valence electrons. The van der Waals surface area contributed by atoms with Crippen molar-refractivity contribution in [2.75, 3.05) is 13.2 Å². The number of likely N-dealkylation sites (tertiary alicyclic amines) is 1. The van der Waals surface area contributed by atoms with Gasteiger partial charge in [-0.3, -0.25) is 0 Å². The van der Waals surface area contributed by atoms with Crippen molar-refractivity contribution in [2.45, 2.75) is 51.0 Å². The predicted molar refractivity (Wildman–Crippen MR) is 71.9 cm³/mol. The molecule has 2 aliphatic carbocycles. The highest BCUT2D eigenvalue weighted by Crippen LogP contribution is 2.56. The van der Waals surface area contributed by atoms with Crippen molar-refractivity contribution in [1.82, 2.24) is 4.90 Å². The normalized spacial score (nSPS) is 32.5. The summed E-state index contributed by atoms with van der Waals surface area (Å²) < 4.78 is 0. The van der Waals surface area contributed by atoms with Gasteiger partial charge in [-0.15, -0.1) is 0 Å². The molecule has 4 nitrogen and oxygen atoms in total. The molecule has 0 unspecified atom stereocenters. The maximum absolute atomic E-state index is 11.1. The Morgan fingerprint density at radius 1 is 1.42 bits per heavy atom. The van der Waals surface area contributed by atoms with Crippen LogP contribution >= 0.6 is 0 Å². The van der Waals surface area contributed by atoms with Gasteiger partial charge in [-0.1, -0.05) is 11.6 Å². The molecular weight excluding hydrogens is 242 g/mol. The average Bonchev–Trinajstić information content (AvgIpc) is 3.02. The van der Waals surface area contributed by atoms with E-state index in [9.17, 15) is 9.90 Å². The van der Waals surface area contributed by atoms with Crippen LogP contribution < -0.4 is 0 Å². The van der Waals surface area contributed by atoms with Gasteiger partial charge in [0, 0.05) is 6.54 Å². The fourth-order valence-corrected chi connectivity index (χ4v) is 3.75. The summed E-state index contributed by atoms with van der Waals surface area (Å²) in [6.07, 6.45) is 9.93. The molecule has 2 atom stereocenters. The number of carbonyl (C=O) groups is 1. The van der Waals surface area contributed by atoms with Crippen LogP contribution in [0.15, 0.2) is 11.6 Å². The molecule has 1 spiro atoms. The minimum Gasteiger partial charge on any atom is -0.465 e. The molecule has 1 saturated carbocycles. The van der Waals surface area contributed by atoms with Crippen molar-refractivity contribution in [3.05, 3.63) is 11.6 Å². The summed E-state index contributed by atoms with van der Waals surface area (Å²) in [5.74, 6) is 0.396. The largest absolute Gasteiger partial charge is 0.465 e. The van der Waals surface area contributed by atoms with Crippen LogP contribution in [0.1, 0.15) is 44.9 Å². The molecule has 19 heavy (non-hydrogen) atoms. The fraction of sp³-hybridized carbons (Fsp3) is 0.800.